The van der Waals surface area contributed by atoms with Crippen molar-refractivity contribution in [2.45, 2.75) is 13.5 Å². The van der Waals surface area contributed by atoms with Crippen molar-refractivity contribution in [3.63, 3.8) is 0 Å². The quantitative estimate of drug-likeness (QED) is 0.609. The first kappa shape index (κ1) is 8.31. The summed E-state index contributed by atoms with van der Waals surface area (Å²) in [5.74, 6) is 0.706. The van der Waals surface area contributed by atoms with Gasteiger partial charge in [-0.25, -0.2) is 4.79 Å². The second kappa shape index (κ2) is 3.56. The number of rotatable bonds is 2. The van der Waals surface area contributed by atoms with Gasteiger partial charge in [-0.05, 0) is 6.92 Å². The minimum Gasteiger partial charge on any atom is -0.465 e. The summed E-state index contributed by atoms with van der Waals surface area (Å²) in [4.78, 5) is 10.0. The van der Waals surface area contributed by atoms with Gasteiger partial charge in [0.25, 0.3) is 0 Å². The second-order valence-corrected chi connectivity index (χ2v) is 2.02. The first-order chi connectivity index (χ1) is 5.68. The summed E-state index contributed by atoms with van der Waals surface area (Å²) >= 11 is 0. The second-order valence-electron chi connectivity index (χ2n) is 2.02. The molecule has 1 amide bonds. The largest absolute Gasteiger partial charge is 0.465 e. The van der Waals surface area contributed by atoms with Gasteiger partial charge in [0.1, 0.15) is 0 Å². The lowest BCUT2D eigenvalue weighted by molar-refractivity contribution is 0.193. The molecule has 1 aromatic rings. The molecule has 7 heteroatoms. The highest BCUT2D eigenvalue weighted by Gasteiger charge is 1.99. The highest BCUT2D eigenvalue weighted by Crippen LogP contribution is 1.83. The zero-order valence-corrected chi connectivity index (χ0v) is 6.35. The summed E-state index contributed by atoms with van der Waals surface area (Å²) in [6.07, 6.45) is -1.13. The molecule has 1 heterocycles. The number of hydrogen-bond donors (Lipinski definition) is 2. The van der Waals surface area contributed by atoms with Crippen molar-refractivity contribution < 1.29 is 9.90 Å². The van der Waals surface area contributed by atoms with Crippen LogP contribution in [0.15, 0.2) is 0 Å². The van der Waals surface area contributed by atoms with E-state index in [0.717, 1.165) is 0 Å². The van der Waals surface area contributed by atoms with Crippen LogP contribution in [0.4, 0.5) is 4.79 Å². The van der Waals surface area contributed by atoms with E-state index in [1.54, 1.807) is 6.92 Å². The Labute approximate surface area is 67.8 Å². The van der Waals surface area contributed by atoms with E-state index in [4.69, 9.17) is 5.11 Å². The number of aromatic nitrogens is 4. The Hall–Kier alpha value is -1.79. The Kier molecular flexibility index (Phi) is 2.46. The van der Waals surface area contributed by atoms with Gasteiger partial charge in [0.2, 0.25) is 0 Å². The topological polar surface area (TPSA) is 101 Å². The number of carboxylic acid groups (broad SMARTS) is 1. The average Bonchev–Trinajstić information content (AvgIpc) is 2.03. The molecule has 12 heavy (non-hydrogen) atoms. The van der Waals surface area contributed by atoms with Crippen LogP contribution in [-0.2, 0) is 6.54 Å². The normalized spacial score (nSPS) is 9.42. The molecule has 0 fully saturated rings. The van der Waals surface area contributed by atoms with E-state index < -0.39 is 6.09 Å². The van der Waals surface area contributed by atoms with Crippen molar-refractivity contribution in [2.24, 2.45) is 0 Å². The number of amides is 1. The molecule has 0 spiro atoms. The van der Waals surface area contributed by atoms with Gasteiger partial charge < -0.3 is 10.4 Å². The fourth-order valence-electron chi connectivity index (χ4n) is 0.526. The van der Waals surface area contributed by atoms with Crippen molar-refractivity contribution in [1.82, 2.24) is 25.7 Å². The lowest BCUT2D eigenvalue weighted by Gasteiger charge is -1.96. The Bertz CT molecular complexity index is 272. The van der Waals surface area contributed by atoms with Crippen molar-refractivity contribution in [2.75, 3.05) is 0 Å². The van der Waals surface area contributed by atoms with Gasteiger partial charge in [-0.1, -0.05) is 0 Å². The smallest absolute Gasteiger partial charge is 0.405 e. The zero-order valence-electron chi connectivity index (χ0n) is 6.35. The maximum Gasteiger partial charge on any atom is 0.405 e. The molecule has 2 N–H and O–H groups in total. The van der Waals surface area contributed by atoms with Crippen LogP contribution in [0.5, 0.6) is 0 Å². The van der Waals surface area contributed by atoms with E-state index >= 15 is 0 Å². The third-order valence-electron chi connectivity index (χ3n) is 1.02. The van der Waals surface area contributed by atoms with Gasteiger partial charge in [0.05, 0.1) is 6.54 Å². The number of nitrogens with one attached hydrogen (secondary N) is 1. The average molecular weight is 169 g/mol. The summed E-state index contributed by atoms with van der Waals surface area (Å²) in [6.45, 7) is 1.67. The Morgan fingerprint density at radius 3 is 2.50 bits per heavy atom. The Balaban J connectivity index is 2.53. The molecule has 0 bridgehead atoms. The predicted octanol–water partition coefficient (Wildman–Crippen LogP) is -0.657. The summed E-state index contributed by atoms with van der Waals surface area (Å²) in [6, 6.07) is 0. The Morgan fingerprint density at radius 2 is 2.00 bits per heavy atom. The Morgan fingerprint density at radius 1 is 1.42 bits per heavy atom. The van der Waals surface area contributed by atoms with Crippen molar-refractivity contribution in [3.8, 4) is 0 Å². The summed E-state index contributed by atoms with van der Waals surface area (Å²) in [7, 11) is 0. The molecule has 0 aliphatic heterocycles. The van der Waals surface area contributed by atoms with E-state index in [2.05, 4.69) is 25.7 Å². The molecule has 1 aromatic heterocycles. The zero-order chi connectivity index (χ0) is 8.97. The van der Waals surface area contributed by atoms with Crippen LogP contribution < -0.4 is 5.32 Å². The summed E-state index contributed by atoms with van der Waals surface area (Å²) < 4.78 is 0. The van der Waals surface area contributed by atoms with Gasteiger partial charge in [-0.3, -0.25) is 0 Å². The molecule has 0 saturated heterocycles. The minimum absolute atomic E-state index is 0.0234. The fraction of sp³-hybridized carbons (Fsp3) is 0.400. The lowest BCUT2D eigenvalue weighted by atomic mass is 10.6. The van der Waals surface area contributed by atoms with E-state index in [9.17, 15) is 4.79 Å². The maximum absolute atomic E-state index is 10.0. The molecule has 0 atom stereocenters. The first-order valence-electron chi connectivity index (χ1n) is 3.18. The van der Waals surface area contributed by atoms with Crippen molar-refractivity contribution in [1.29, 1.82) is 0 Å². The summed E-state index contributed by atoms with van der Waals surface area (Å²) in [5.41, 5.74) is 0. The van der Waals surface area contributed by atoms with E-state index in [1.807, 2.05) is 0 Å². The van der Waals surface area contributed by atoms with Crippen LogP contribution in [-0.4, -0.2) is 31.6 Å². The molecular formula is C5H7N5O2. The van der Waals surface area contributed by atoms with Crippen molar-refractivity contribution >= 4 is 6.09 Å². The molecule has 64 valence electrons. The summed E-state index contributed by atoms with van der Waals surface area (Å²) in [5, 5.41) is 24.7. The number of aryl methyl sites for hydroxylation is 1. The molecule has 0 unspecified atom stereocenters. The van der Waals surface area contributed by atoms with Gasteiger partial charge in [0, 0.05) is 0 Å². The van der Waals surface area contributed by atoms with E-state index in [1.165, 1.54) is 0 Å². The monoisotopic (exact) mass is 169 g/mol. The van der Waals surface area contributed by atoms with Crippen LogP contribution in [0.2, 0.25) is 0 Å². The minimum atomic E-state index is -1.13. The highest BCUT2D eigenvalue weighted by atomic mass is 16.4. The van der Waals surface area contributed by atoms with Crippen LogP contribution in [0.1, 0.15) is 11.6 Å². The van der Waals surface area contributed by atoms with E-state index in [0.29, 0.717) is 5.82 Å². The molecule has 0 aromatic carbocycles. The van der Waals surface area contributed by atoms with Gasteiger partial charge >= 0.3 is 6.09 Å². The van der Waals surface area contributed by atoms with Gasteiger partial charge in [-0.2, -0.15) is 0 Å². The number of carbonyl (C=O) groups is 1. The molecular weight excluding hydrogens is 162 g/mol. The number of nitrogens with zero attached hydrogens (tertiary/aromatic N) is 4. The fourth-order valence-corrected chi connectivity index (χ4v) is 0.526. The van der Waals surface area contributed by atoms with Gasteiger partial charge in [-0.15, -0.1) is 20.4 Å². The van der Waals surface area contributed by atoms with Crippen LogP contribution in [0, 0.1) is 6.92 Å². The SMILES string of the molecule is Cc1nnc(CNC(=O)O)nn1. The van der Waals surface area contributed by atoms with E-state index in [-0.39, 0.29) is 12.4 Å². The van der Waals surface area contributed by atoms with Crippen molar-refractivity contribution in [3.05, 3.63) is 11.6 Å². The van der Waals surface area contributed by atoms with Crippen LogP contribution in [0.3, 0.4) is 0 Å². The predicted molar refractivity (Wildman–Crippen MR) is 37.2 cm³/mol. The third kappa shape index (κ3) is 2.45. The standard InChI is InChI=1S/C5H7N5O2/c1-3-7-9-4(10-8-3)2-6-5(11)12/h6H,2H2,1H3,(H,11,12). The number of hydrogen-bond acceptors (Lipinski definition) is 5. The van der Waals surface area contributed by atoms with Crippen LogP contribution in [0.25, 0.3) is 0 Å². The first-order valence-corrected chi connectivity index (χ1v) is 3.18. The molecule has 0 aliphatic carbocycles. The highest BCUT2D eigenvalue weighted by molar-refractivity contribution is 5.64. The molecule has 1 rings (SSSR count). The van der Waals surface area contributed by atoms with Gasteiger partial charge in [0.15, 0.2) is 11.6 Å². The molecule has 7 nitrogen and oxygen atoms in total. The third-order valence-corrected chi connectivity index (χ3v) is 1.02. The molecule has 0 saturated carbocycles. The molecule has 0 aliphatic rings. The van der Waals surface area contributed by atoms with Crippen LogP contribution >= 0.6 is 0 Å². The lowest BCUT2D eigenvalue weighted by Crippen LogP contribution is -2.22. The maximum atomic E-state index is 10.0. The molecule has 0 radical (unpaired) electrons.